The average Bonchev–Trinajstić information content (AvgIpc) is 2.64. The average molecular weight is 468 g/mol. The molecule has 0 aliphatic rings. The number of sulfone groups is 1. The van der Waals surface area contributed by atoms with Crippen LogP contribution in [0.25, 0.3) is 0 Å². The molecule has 2 aromatic rings. The number of Topliss-reactive ketones (excluding diaryl/α,β-unsaturated/α-hetero) is 1. The largest absolute Gasteiger partial charge is 0.460 e. The SMILES string of the molecule is C[C@H](C(=O)c1cc(Br)ccc1COC(=O)CN)c1ccccc1CS(C)(=O)=O. The molecular formula is C20H22BrNO5S. The van der Waals surface area contributed by atoms with Crippen LogP contribution in [0.1, 0.15) is 39.9 Å². The maximum atomic E-state index is 13.2. The van der Waals surface area contributed by atoms with Gasteiger partial charge in [-0.15, -0.1) is 0 Å². The van der Waals surface area contributed by atoms with Gasteiger partial charge in [0.1, 0.15) is 6.61 Å². The first-order chi connectivity index (χ1) is 13.1. The van der Waals surface area contributed by atoms with E-state index in [0.29, 0.717) is 26.7 Å². The highest BCUT2D eigenvalue weighted by Crippen LogP contribution is 2.28. The van der Waals surface area contributed by atoms with Crippen molar-refractivity contribution >= 4 is 37.5 Å². The Morgan fingerprint density at radius 3 is 2.46 bits per heavy atom. The summed E-state index contributed by atoms with van der Waals surface area (Å²) in [6.45, 7) is 1.43. The number of benzene rings is 2. The van der Waals surface area contributed by atoms with Crippen LogP contribution in [0, 0.1) is 0 Å². The molecule has 0 aromatic heterocycles. The fourth-order valence-corrected chi connectivity index (χ4v) is 4.06. The zero-order valence-corrected chi connectivity index (χ0v) is 18.0. The van der Waals surface area contributed by atoms with Gasteiger partial charge in [0.05, 0.1) is 12.3 Å². The second-order valence-electron chi connectivity index (χ2n) is 6.52. The molecule has 2 aromatic carbocycles. The smallest absolute Gasteiger partial charge is 0.320 e. The zero-order valence-electron chi connectivity index (χ0n) is 15.6. The molecule has 0 aliphatic carbocycles. The van der Waals surface area contributed by atoms with E-state index in [0.717, 1.165) is 6.26 Å². The van der Waals surface area contributed by atoms with Gasteiger partial charge in [-0.25, -0.2) is 8.42 Å². The van der Waals surface area contributed by atoms with Crippen LogP contribution in [-0.4, -0.2) is 33.0 Å². The quantitative estimate of drug-likeness (QED) is 0.472. The summed E-state index contributed by atoms with van der Waals surface area (Å²) in [5, 5.41) is 0. The van der Waals surface area contributed by atoms with Crippen molar-refractivity contribution in [3.05, 3.63) is 69.2 Å². The first-order valence-electron chi connectivity index (χ1n) is 8.56. The lowest BCUT2D eigenvalue weighted by atomic mass is 9.88. The van der Waals surface area contributed by atoms with Gasteiger partial charge in [-0.1, -0.05) is 53.2 Å². The monoisotopic (exact) mass is 467 g/mol. The molecule has 0 bridgehead atoms. The molecule has 6 nitrogen and oxygen atoms in total. The Labute approximate surface area is 173 Å². The van der Waals surface area contributed by atoms with Crippen molar-refractivity contribution in [2.75, 3.05) is 12.8 Å². The predicted molar refractivity (Wildman–Crippen MR) is 111 cm³/mol. The van der Waals surface area contributed by atoms with Gasteiger partial charge in [-0.3, -0.25) is 9.59 Å². The van der Waals surface area contributed by atoms with Gasteiger partial charge in [-0.2, -0.15) is 0 Å². The van der Waals surface area contributed by atoms with E-state index >= 15 is 0 Å². The van der Waals surface area contributed by atoms with E-state index in [1.807, 2.05) is 0 Å². The number of ether oxygens (including phenoxy) is 1. The molecule has 0 fully saturated rings. The third kappa shape index (κ3) is 5.98. The molecule has 0 amide bonds. The van der Waals surface area contributed by atoms with E-state index in [9.17, 15) is 18.0 Å². The summed E-state index contributed by atoms with van der Waals surface area (Å²) in [5.74, 6) is -1.47. The van der Waals surface area contributed by atoms with Crippen LogP contribution in [0.3, 0.4) is 0 Å². The van der Waals surface area contributed by atoms with Gasteiger partial charge in [0.25, 0.3) is 0 Å². The second-order valence-corrected chi connectivity index (χ2v) is 9.58. The number of rotatable bonds is 8. The van der Waals surface area contributed by atoms with Gasteiger partial charge in [-0.05, 0) is 23.3 Å². The summed E-state index contributed by atoms with van der Waals surface area (Å²) < 4.78 is 29.3. The maximum Gasteiger partial charge on any atom is 0.320 e. The number of hydrogen-bond donors (Lipinski definition) is 1. The topological polar surface area (TPSA) is 104 Å². The Hall–Kier alpha value is -2.03. The number of carbonyl (C=O) groups is 2. The summed E-state index contributed by atoms with van der Waals surface area (Å²) in [4.78, 5) is 24.6. The molecule has 2 rings (SSSR count). The zero-order chi connectivity index (χ0) is 20.9. The molecule has 150 valence electrons. The van der Waals surface area contributed by atoms with Crippen LogP contribution < -0.4 is 5.73 Å². The Morgan fingerprint density at radius 1 is 1.14 bits per heavy atom. The van der Waals surface area contributed by atoms with E-state index in [1.165, 1.54) is 0 Å². The number of halogens is 1. The highest BCUT2D eigenvalue weighted by atomic mass is 79.9. The summed E-state index contributed by atoms with van der Waals surface area (Å²) >= 11 is 3.36. The van der Waals surface area contributed by atoms with E-state index in [2.05, 4.69) is 15.9 Å². The lowest BCUT2D eigenvalue weighted by Crippen LogP contribution is -2.18. The van der Waals surface area contributed by atoms with Crippen molar-refractivity contribution in [3.63, 3.8) is 0 Å². The Bertz CT molecular complexity index is 988. The van der Waals surface area contributed by atoms with E-state index < -0.39 is 21.7 Å². The fraction of sp³-hybridized carbons (Fsp3) is 0.300. The lowest BCUT2D eigenvalue weighted by molar-refractivity contribution is -0.143. The number of hydrogen-bond acceptors (Lipinski definition) is 6. The normalized spacial score (nSPS) is 12.4. The fourth-order valence-electron chi connectivity index (χ4n) is 2.87. The van der Waals surface area contributed by atoms with Crippen molar-refractivity contribution in [2.45, 2.75) is 25.2 Å². The van der Waals surface area contributed by atoms with Crippen LogP contribution in [-0.2, 0) is 31.7 Å². The van der Waals surface area contributed by atoms with E-state index in [1.54, 1.807) is 49.4 Å². The van der Waals surface area contributed by atoms with Gasteiger partial charge >= 0.3 is 5.97 Å². The molecule has 0 unspecified atom stereocenters. The third-order valence-electron chi connectivity index (χ3n) is 4.23. The van der Waals surface area contributed by atoms with Gasteiger partial charge < -0.3 is 10.5 Å². The molecule has 0 saturated carbocycles. The molecule has 2 N–H and O–H groups in total. The van der Waals surface area contributed by atoms with Gasteiger partial charge in [0, 0.05) is 27.8 Å². The van der Waals surface area contributed by atoms with Crippen LogP contribution in [0.2, 0.25) is 0 Å². The van der Waals surface area contributed by atoms with Crippen LogP contribution in [0.5, 0.6) is 0 Å². The summed E-state index contributed by atoms with van der Waals surface area (Å²) in [7, 11) is -3.25. The molecule has 0 radical (unpaired) electrons. The molecule has 1 atom stereocenters. The molecule has 0 saturated heterocycles. The predicted octanol–water partition coefficient (Wildman–Crippen LogP) is 2.98. The Balaban J connectivity index is 2.38. The van der Waals surface area contributed by atoms with E-state index in [4.69, 9.17) is 10.5 Å². The highest BCUT2D eigenvalue weighted by molar-refractivity contribution is 9.10. The minimum atomic E-state index is -3.25. The summed E-state index contributed by atoms with van der Waals surface area (Å²) in [6, 6.07) is 12.1. The lowest BCUT2D eigenvalue weighted by Gasteiger charge is -2.17. The van der Waals surface area contributed by atoms with Crippen molar-refractivity contribution in [3.8, 4) is 0 Å². The van der Waals surface area contributed by atoms with E-state index in [-0.39, 0.29) is 24.7 Å². The standard InChI is InChI=1S/C20H22BrNO5S/c1-13(17-6-4-3-5-15(17)12-28(2,25)26)20(24)18-9-16(21)8-7-14(18)11-27-19(23)10-22/h3-9,13H,10-12,22H2,1-2H3/t13-/m0/s1. The highest BCUT2D eigenvalue weighted by Gasteiger charge is 2.23. The number of esters is 1. The Morgan fingerprint density at radius 2 is 1.82 bits per heavy atom. The van der Waals surface area contributed by atoms with Gasteiger partial charge in [0.2, 0.25) is 0 Å². The minimum Gasteiger partial charge on any atom is -0.460 e. The van der Waals surface area contributed by atoms with Crippen molar-refractivity contribution in [1.29, 1.82) is 0 Å². The number of nitrogens with two attached hydrogens (primary N) is 1. The maximum absolute atomic E-state index is 13.2. The van der Waals surface area contributed by atoms with Crippen molar-refractivity contribution < 1.29 is 22.7 Å². The second kappa shape index (κ2) is 9.45. The first-order valence-corrected chi connectivity index (χ1v) is 11.4. The molecule has 0 heterocycles. The molecular weight excluding hydrogens is 446 g/mol. The summed E-state index contributed by atoms with van der Waals surface area (Å²) in [6.07, 6.45) is 1.16. The Kier molecular flexibility index (Phi) is 7.51. The third-order valence-corrected chi connectivity index (χ3v) is 5.55. The number of ketones is 1. The summed E-state index contributed by atoms with van der Waals surface area (Å²) in [5.41, 5.74) is 7.46. The van der Waals surface area contributed by atoms with Crippen LogP contribution >= 0.6 is 15.9 Å². The minimum absolute atomic E-state index is 0.0674. The van der Waals surface area contributed by atoms with Crippen LogP contribution in [0.4, 0.5) is 0 Å². The van der Waals surface area contributed by atoms with Crippen molar-refractivity contribution in [2.24, 2.45) is 5.73 Å². The molecule has 0 spiro atoms. The molecule has 8 heteroatoms. The first kappa shape index (κ1) is 22.3. The molecule has 0 aliphatic heterocycles. The van der Waals surface area contributed by atoms with Crippen LogP contribution in [0.15, 0.2) is 46.9 Å². The van der Waals surface area contributed by atoms with Gasteiger partial charge in [0.15, 0.2) is 15.6 Å². The van der Waals surface area contributed by atoms with Crippen molar-refractivity contribution in [1.82, 2.24) is 0 Å². The molecule has 28 heavy (non-hydrogen) atoms. The number of carbonyl (C=O) groups excluding carboxylic acids is 2.